The van der Waals surface area contributed by atoms with Gasteiger partial charge in [-0.25, -0.2) is 4.79 Å². The lowest BCUT2D eigenvalue weighted by Gasteiger charge is -2.18. The summed E-state index contributed by atoms with van der Waals surface area (Å²) in [6.45, 7) is 0.626. The lowest BCUT2D eigenvalue weighted by atomic mass is 9.96. The third-order valence-electron chi connectivity index (χ3n) is 5.83. The largest absolute Gasteiger partial charge is 0.481 e. The van der Waals surface area contributed by atoms with Crippen molar-refractivity contribution in [1.29, 1.82) is 0 Å². The Kier molecular flexibility index (Phi) is 4.84. The molecule has 0 heterocycles. The summed E-state index contributed by atoms with van der Waals surface area (Å²) in [5.41, 5.74) is 4.73. The zero-order valence-corrected chi connectivity index (χ0v) is 15.1. The van der Waals surface area contributed by atoms with Gasteiger partial charge in [0.1, 0.15) is 6.61 Å². The minimum Gasteiger partial charge on any atom is -0.481 e. The predicted octanol–water partition coefficient (Wildman–Crippen LogP) is 4.03. The van der Waals surface area contributed by atoms with Crippen molar-refractivity contribution >= 4 is 12.1 Å². The Morgan fingerprint density at radius 2 is 1.63 bits per heavy atom. The molecule has 1 amide bonds. The number of carboxylic acids is 1. The lowest BCUT2D eigenvalue weighted by Crippen LogP contribution is -2.34. The second-order valence-corrected chi connectivity index (χ2v) is 7.34. The van der Waals surface area contributed by atoms with Gasteiger partial charge in [0, 0.05) is 12.5 Å². The molecule has 1 fully saturated rings. The Bertz CT molecular complexity index is 817. The topological polar surface area (TPSA) is 75.6 Å². The molecule has 0 saturated heterocycles. The molecule has 2 aliphatic rings. The number of nitrogens with one attached hydrogen (secondary N) is 1. The normalized spacial score (nSPS) is 20.7. The van der Waals surface area contributed by atoms with E-state index in [9.17, 15) is 14.7 Å². The Hall–Kier alpha value is -2.82. The minimum atomic E-state index is -0.771. The monoisotopic (exact) mass is 365 g/mol. The molecule has 0 spiro atoms. The van der Waals surface area contributed by atoms with E-state index < -0.39 is 12.1 Å². The SMILES string of the molecule is O=C(NC[C@H]1CCC[C@H]1C(=O)O)OCC1c2ccccc2-c2ccccc21. The number of amides is 1. The number of carbonyl (C=O) groups excluding carboxylic acids is 1. The van der Waals surface area contributed by atoms with Crippen molar-refractivity contribution in [3.63, 3.8) is 0 Å². The molecule has 2 atom stereocenters. The Labute approximate surface area is 158 Å². The summed E-state index contributed by atoms with van der Waals surface area (Å²) >= 11 is 0. The number of aliphatic carboxylic acids is 1. The Morgan fingerprint density at radius 1 is 1.00 bits per heavy atom. The molecule has 0 radical (unpaired) electrons. The molecule has 0 unspecified atom stereocenters. The average Bonchev–Trinajstić information content (AvgIpc) is 3.28. The van der Waals surface area contributed by atoms with Crippen LogP contribution in [-0.4, -0.2) is 30.3 Å². The number of ether oxygens (including phenoxy) is 1. The van der Waals surface area contributed by atoms with Crippen LogP contribution in [0.1, 0.15) is 36.3 Å². The van der Waals surface area contributed by atoms with Crippen molar-refractivity contribution < 1.29 is 19.4 Å². The van der Waals surface area contributed by atoms with E-state index in [-0.39, 0.29) is 24.4 Å². The summed E-state index contributed by atoms with van der Waals surface area (Å²) in [4.78, 5) is 23.4. The van der Waals surface area contributed by atoms with Crippen LogP contribution in [0.2, 0.25) is 0 Å². The van der Waals surface area contributed by atoms with Crippen molar-refractivity contribution in [2.45, 2.75) is 25.2 Å². The molecule has 4 rings (SSSR count). The van der Waals surface area contributed by atoms with Crippen LogP contribution in [0.3, 0.4) is 0 Å². The van der Waals surface area contributed by atoms with Crippen molar-refractivity contribution in [2.75, 3.05) is 13.2 Å². The number of carboxylic acid groups (broad SMARTS) is 1. The highest BCUT2D eigenvalue weighted by Gasteiger charge is 2.33. The zero-order chi connectivity index (χ0) is 18.8. The minimum absolute atomic E-state index is 0.0111. The van der Waals surface area contributed by atoms with Gasteiger partial charge in [-0.2, -0.15) is 0 Å². The summed E-state index contributed by atoms with van der Waals surface area (Å²) in [7, 11) is 0. The van der Waals surface area contributed by atoms with Crippen molar-refractivity contribution in [3.05, 3.63) is 59.7 Å². The van der Waals surface area contributed by atoms with Crippen LogP contribution < -0.4 is 5.32 Å². The lowest BCUT2D eigenvalue weighted by molar-refractivity contribution is -0.142. The number of hydrogen-bond donors (Lipinski definition) is 2. The van der Waals surface area contributed by atoms with Gasteiger partial charge in [0.25, 0.3) is 0 Å². The highest BCUT2D eigenvalue weighted by atomic mass is 16.5. The summed E-state index contributed by atoms with van der Waals surface area (Å²) in [6, 6.07) is 16.4. The fourth-order valence-electron chi connectivity index (χ4n) is 4.47. The molecule has 2 aromatic rings. The number of carbonyl (C=O) groups is 2. The molecule has 1 saturated carbocycles. The highest BCUT2D eigenvalue weighted by molar-refractivity contribution is 5.79. The number of alkyl carbamates (subject to hydrolysis) is 1. The quantitative estimate of drug-likeness (QED) is 0.839. The first-order chi connectivity index (χ1) is 13.1. The van der Waals surface area contributed by atoms with E-state index in [1.54, 1.807) is 0 Å². The highest BCUT2D eigenvalue weighted by Crippen LogP contribution is 2.44. The van der Waals surface area contributed by atoms with Gasteiger partial charge >= 0.3 is 12.1 Å². The van der Waals surface area contributed by atoms with Gasteiger partial charge in [-0.15, -0.1) is 0 Å². The molecule has 0 bridgehead atoms. The Morgan fingerprint density at radius 3 is 2.26 bits per heavy atom. The van der Waals surface area contributed by atoms with Crippen LogP contribution >= 0.6 is 0 Å². The molecular formula is C22H23NO4. The van der Waals surface area contributed by atoms with Crippen LogP contribution in [0.4, 0.5) is 4.79 Å². The van der Waals surface area contributed by atoms with Gasteiger partial charge in [0.2, 0.25) is 0 Å². The summed E-state index contributed by atoms with van der Waals surface area (Å²) in [5.74, 6) is -1.12. The smallest absolute Gasteiger partial charge is 0.407 e. The van der Waals surface area contributed by atoms with Crippen LogP contribution in [0.15, 0.2) is 48.5 Å². The maximum atomic E-state index is 12.2. The van der Waals surface area contributed by atoms with E-state index >= 15 is 0 Å². The molecule has 140 valence electrons. The van der Waals surface area contributed by atoms with Gasteiger partial charge in [0.15, 0.2) is 0 Å². The van der Waals surface area contributed by atoms with Crippen LogP contribution in [-0.2, 0) is 9.53 Å². The fraction of sp³-hybridized carbons (Fsp3) is 0.364. The standard InChI is InChI=1S/C22H23NO4/c24-21(25)15-11-5-6-14(15)12-23-22(26)27-13-20-18-9-3-1-7-16(18)17-8-2-4-10-19(17)20/h1-4,7-10,14-15,20H,5-6,11-13H2,(H,23,26)(H,24,25)/t14-,15-/m1/s1. The second-order valence-electron chi connectivity index (χ2n) is 7.34. The molecule has 2 aliphatic carbocycles. The zero-order valence-electron chi connectivity index (χ0n) is 15.1. The number of hydrogen-bond acceptors (Lipinski definition) is 3. The van der Waals surface area contributed by atoms with Crippen molar-refractivity contribution in [1.82, 2.24) is 5.32 Å². The first kappa shape index (κ1) is 17.6. The van der Waals surface area contributed by atoms with Crippen molar-refractivity contribution in [3.8, 4) is 11.1 Å². The summed E-state index contributed by atoms with van der Waals surface area (Å²) in [5, 5.41) is 12.0. The number of rotatable bonds is 5. The van der Waals surface area contributed by atoms with Crippen LogP contribution in [0.25, 0.3) is 11.1 Å². The van der Waals surface area contributed by atoms with E-state index in [4.69, 9.17) is 4.74 Å². The molecule has 2 N–H and O–H groups in total. The van der Waals surface area contributed by atoms with E-state index in [0.717, 1.165) is 12.8 Å². The molecule has 27 heavy (non-hydrogen) atoms. The van der Waals surface area contributed by atoms with Gasteiger partial charge in [-0.1, -0.05) is 55.0 Å². The summed E-state index contributed by atoms with van der Waals surface area (Å²) < 4.78 is 5.50. The average molecular weight is 365 g/mol. The maximum absolute atomic E-state index is 12.2. The molecule has 0 aromatic heterocycles. The maximum Gasteiger partial charge on any atom is 0.407 e. The fourth-order valence-corrected chi connectivity index (χ4v) is 4.47. The van der Waals surface area contributed by atoms with Gasteiger partial charge in [-0.05, 0) is 41.0 Å². The van der Waals surface area contributed by atoms with E-state index in [1.807, 2.05) is 24.3 Å². The first-order valence-corrected chi connectivity index (χ1v) is 9.47. The Balaban J connectivity index is 1.37. The first-order valence-electron chi connectivity index (χ1n) is 9.47. The van der Waals surface area contributed by atoms with Crippen LogP contribution in [0.5, 0.6) is 0 Å². The molecule has 5 nitrogen and oxygen atoms in total. The third-order valence-corrected chi connectivity index (χ3v) is 5.83. The third kappa shape index (κ3) is 3.42. The van der Waals surface area contributed by atoms with E-state index in [1.165, 1.54) is 22.3 Å². The molecule has 2 aromatic carbocycles. The van der Waals surface area contributed by atoms with Gasteiger partial charge < -0.3 is 15.2 Å². The second kappa shape index (κ2) is 7.43. The van der Waals surface area contributed by atoms with Crippen molar-refractivity contribution in [2.24, 2.45) is 11.8 Å². The van der Waals surface area contributed by atoms with Crippen LogP contribution in [0, 0.1) is 11.8 Å². The predicted molar refractivity (Wildman–Crippen MR) is 102 cm³/mol. The number of benzene rings is 2. The number of fused-ring (bicyclic) bond motifs is 3. The van der Waals surface area contributed by atoms with E-state index in [2.05, 4.69) is 29.6 Å². The summed E-state index contributed by atoms with van der Waals surface area (Å²) in [6.07, 6.45) is 1.94. The van der Waals surface area contributed by atoms with Gasteiger partial charge in [0.05, 0.1) is 5.92 Å². The molecular weight excluding hydrogens is 342 g/mol. The van der Waals surface area contributed by atoms with Gasteiger partial charge in [-0.3, -0.25) is 4.79 Å². The van der Waals surface area contributed by atoms with E-state index in [0.29, 0.717) is 13.0 Å². The molecule has 5 heteroatoms. The molecule has 0 aliphatic heterocycles.